The van der Waals surface area contributed by atoms with Crippen LogP contribution in [0.15, 0.2) is 40.1 Å². The van der Waals surface area contributed by atoms with Gasteiger partial charge in [-0.25, -0.2) is 27.5 Å². The smallest absolute Gasteiger partial charge is 0.324 e. The minimum Gasteiger partial charge on any atom is -0.472 e. The average Bonchev–Trinajstić information content (AvgIpc) is 3.53. The molecule has 0 saturated carbocycles. The Morgan fingerprint density at radius 2 is 2.06 bits per heavy atom. The maximum Gasteiger partial charge on any atom is 0.324 e. The highest BCUT2D eigenvalue weighted by Crippen LogP contribution is 2.28. The fourth-order valence-corrected chi connectivity index (χ4v) is 4.36. The van der Waals surface area contributed by atoms with E-state index in [9.17, 15) is 12.8 Å². The van der Waals surface area contributed by atoms with E-state index in [0.29, 0.717) is 41.8 Å². The molecule has 1 unspecified atom stereocenters. The minimum absolute atomic E-state index is 0. The van der Waals surface area contributed by atoms with Gasteiger partial charge in [0.25, 0.3) is 0 Å². The molecule has 0 bridgehead atoms. The van der Waals surface area contributed by atoms with Gasteiger partial charge in [-0.15, -0.1) is 12.4 Å². The van der Waals surface area contributed by atoms with E-state index >= 15 is 0 Å². The molecule has 0 spiro atoms. The van der Waals surface area contributed by atoms with Crippen molar-refractivity contribution in [3.8, 4) is 11.6 Å². The van der Waals surface area contributed by atoms with Gasteiger partial charge in [0.15, 0.2) is 21.3 Å². The van der Waals surface area contributed by atoms with Crippen LogP contribution in [0, 0.1) is 5.82 Å². The molecule has 1 aliphatic heterocycles. The summed E-state index contributed by atoms with van der Waals surface area (Å²) in [7, 11) is -3.54. The number of nitrogens with zero attached hydrogens (tertiary/aromatic N) is 7. The van der Waals surface area contributed by atoms with Crippen molar-refractivity contribution in [1.82, 2.24) is 29.9 Å². The predicted octanol–water partition coefficient (Wildman–Crippen LogP) is 2.94. The second kappa shape index (κ2) is 9.38. The van der Waals surface area contributed by atoms with Crippen LogP contribution in [0.2, 0.25) is 0 Å². The molecule has 4 aromatic rings. The number of ether oxygens (including phenoxy) is 1. The lowest BCUT2D eigenvalue weighted by molar-refractivity contribution is 0.218. The highest BCUT2D eigenvalue weighted by Gasteiger charge is 2.29. The van der Waals surface area contributed by atoms with Crippen molar-refractivity contribution in [2.45, 2.75) is 37.2 Å². The first-order chi connectivity index (χ1) is 16.2. The minimum atomic E-state index is -3.54. The van der Waals surface area contributed by atoms with E-state index in [1.54, 1.807) is 0 Å². The van der Waals surface area contributed by atoms with Crippen LogP contribution in [-0.4, -0.2) is 63.8 Å². The Morgan fingerprint density at radius 3 is 2.74 bits per heavy atom. The molecule has 1 aliphatic rings. The van der Waals surface area contributed by atoms with E-state index < -0.39 is 15.7 Å². The largest absolute Gasteiger partial charge is 0.472 e. The van der Waals surface area contributed by atoms with E-state index in [1.165, 1.54) is 29.3 Å². The van der Waals surface area contributed by atoms with Gasteiger partial charge in [0.1, 0.15) is 29.3 Å². The highest BCUT2D eigenvalue weighted by molar-refractivity contribution is 7.90. The van der Waals surface area contributed by atoms with Crippen LogP contribution in [-0.2, 0) is 9.84 Å². The summed E-state index contributed by atoms with van der Waals surface area (Å²) in [5.74, 6) is 0.414. The molecule has 1 atom stereocenters. The van der Waals surface area contributed by atoms with Gasteiger partial charge in [-0.2, -0.15) is 10.1 Å². The third kappa shape index (κ3) is 4.78. The Bertz CT molecular complexity index is 1470. The highest BCUT2D eigenvalue weighted by atomic mass is 35.5. The van der Waals surface area contributed by atoms with Crippen LogP contribution in [0.25, 0.3) is 16.7 Å². The lowest BCUT2D eigenvalue weighted by Gasteiger charge is -2.14. The van der Waals surface area contributed by atoms with Crippen molar-refractivity contribution in [3.63, 3.8) is 0 Å². The first-order valence-corrected chi connectivity index (χ1v) is 12.5. The van der Waals surface area contributed by atoms with Gasteiger partial charge in [-0.1, -0.05) is 19.0 Å². The van der Waals surface area contributed by atoms with E-state index in [1.807, 2.05) is 18.7 Å². The molecule has 4 heterocycles. The molecule has 5 rings (SSSR count). The Hall–Kier alpha value is -3.32. The Morgan fingerprint density at radius 1 is 1.26 bits per heavy atom. The summed E-state index contributed by atoms with van der Waals surface area (Å²) in [5.41, 5.74) is 0.403. The quantitative estimate of drug-likeness (QED) is 0.372. The summed E-state index contributed by atoms with van der Waals surface area (Å²) < 4.78 is 50.9. The third-order valence-electron chi connectivity index (χ3n) is 5.55. The normalized spacial score (nSPS) is 16.1. The zero-order chi connectivity index (χ0) is 24.0. The SMILES string of the molecule is CC(C)c1noc(N2CCC(Oc3ncnc4c3cnn4-c3ccc(S(C)(=O)=O)cc3F)C2)n1.Cl. The van der Waals surface area contributed by atoms with Gasteiger partial charge in [0.05, 0.1) is 17.6 Å². The van der Waals surface area contributed by atoms with Crippen molar-refractivity contribution in [2.24, 2.45) is 0 Å². The monoisotopic (exact) mass is 523 g/mol. The van der Waals surface area contributed by atoms with Gasteiger partial charge < -0.3 is 14.2 Å². The van der Waals surface area contributed by atoms with Gasteiger partial charge >= 0.3 is 6.01 Å². The van der Waals surface area contributed by atoms with E-state index in [2.05, 4.69) is 25.2 Å². The maximum absolute atomic E-state index is 14.7. The lowest BCUT2D eigenvalue weighted by Crippen LogP contribution is -2.25. The second-order valence-corrected chi connectivity index (χ2v) is 10.4. The zero-order valence-corrected chi connectivity index (χ0v) is 20.8. The summed E-state index contributed by atoms with van der Waals surface area (Å²) in [6.45, 7) is 5.23. The number of hydrogen-bond donors (Lipinski definition) is 0. The van der Waals surface area contributed by atoms with Gasteiger partial charge in [0.2, 0.25) is 5.88 Å². The lowest BCUT2D eigenvalue weighted by atomic mass is 10.2. The third-order valence-corrected chi connectivity index (χ3v) is 6.66. The summed E-state index contributed by atoms with van der Waals surface area (Å²) in [4.78, 5) is 14.7. The summed E-state index contributed by atoms with van der Waals surface area (Å²) in [6, 6.07) is 4.11. The van der Waals surface area contributed by atoms with Crippen molar-refractivity contribution in [2.75, 3.05) is 24.2 Å². The molecule has 0 aliphatic carbocycles. The first-order valence-electron chi connectivity index (χ1n) is 10.6. The van der Waals surface area contributed by atoms with Crippen LogP contribution < -0.4 is 9.64 Å². The molecule has 186 valence electrons. The fraction of sp³-hybridized carbons (Fsp3) is 0.381. The standard InChI is InChI=1S/C21H22FN7O4S.ClH/c1-12(2)18-26-21(33-27-18)28-7-6-13(10-28)32-20-15-9-25-29(19(15)23-11-24-20)17-5-4-14(8-16(17)22)34(3,30)31;/h4-5,8-9,11-13H,6-7,10H2,1-3H3;1H. The molecule has 1 saturated heterocycles. The van der Waals surface area contributed by atoms with Gasteiger partial charge in [-0.05, 0) is 18.2 Å². The molecular weight excluding hydrogens is 501 g/mol. The van der Waals surface area contributed by atoms with Crippen molar-refractivity contribution < 1.29 is 22.1 Å². The van der Waals surface area contributed by atoms with Gasteiger partial charge in [-0.3, -0.25) is 0 Å². The van der Waals surface area contributed by atoms with Gasteiger partial charge in [0, 0.05) is 25.1 Å². The van der Waals surface area contributed by atoms with Crippen LogP contribution in [0.4, 0.5) is 10.4 Å². The molecule has 0 N–H and O–H groups in total. The van der Waals surface area contributed by atoms with Crippen LogP contribution >= 0.6 is 12.4 Å². The number of hydrogen-bond acceptors (Lipinski definition) is 10. The molecule has 0 amide bonds. The van der Waals surface area contributed by atoms with Crippen molar-refractivity contribution in [3.05, 3.63) is 42.4 Å². The Kier molecular flexibility index (Phi) is 6.64. The molecule has 14 heteroatoms. The number of fused-ring (bicyclic) bond motifs is 1. The number of halogens is 2. The van der Waals surface area contributed by atoms with Crippen LogP contribution in [0.5, 0.6) is 5.88 Å². The molecular formula is C21H23ClFN7O4S. The number of rotatable bonds is 6. The molecule has 35 heavy (non-hydrogen) atoms. The summed E-state index contributed by atoms with van der Waals surface area (Å²) >= 11 is 0. The molecule has 11 nitrogen and oxygen atoms in total. The Balaban J connectivity index is 0.00000289. The number of benzene rings is 1. The molecule has 1 aromatic carbocycles. The molecule has 0 radical (unpaired) electrons. The summed E-state index contributed by atoms with van der Waals surface area (Å²) in [5, 5.41) is 8.75. The Labute approximate surface area is 206 Å². The van der Waals surface area contributed by atoms with E-state index in [4.69, 9.17) is 9.26 Å². The first kappa shape index (κ1) is 24.8. The second-order valence-electron chi connectivity index (χ2n) is 8.42. The average molecular weight is 524 g/mol. The van der Waals surface area contributed by atoms with Crippen molar-refractivity contribution >= 4 is 39.3 Å². The van der Waals surface area contributed by atoms with Crippen LogP contribution in [0.1, 0.15) is 32.0 Å². The van der Waals surface area contributed by atoms with Crippen molar-refractivity contribution in [1.29, 1.82) is 0 Å². The predicted molar refractivity (Wildman–Crippen MR) is 127 cm³/mol. The number of anilines is 1. The summed E-state index contributed by atoms with van der Waals surface area (Å²) in [6.07, 6.45) is 4.38. The van der Waals surface area contributed by atoms with E-state index in [0.717, 1.165) is 18.7 Å². The topological polar surface area (TPSA) is 129 Å². The van der Waals surface area contributed by atoms with Crippen LogP contribution in [0.3, 0.4) is 0 Å². The zero-order valence-electron chi connectivity index (χ0n) is 19.1. The number of aromatic nitrogens is 6. The van der Waals surface area contributed by atoms with E-state index in [-0.39, 0.29) is 35.0 Å². The molecule has 1 fully saturated rings. The number of sulfone groups is 1. The maximum atomic E-state index is 14.7. The fourth-order valence-electron chi connectivity index (χ4n) is 3.73. The molecule has 3 aromatic heterocycles.